The molecule has 0 saturated carbocycles. The Bertz CT molecular complexity index is 1230. The van der Waals surface area contributed by atoms with Crippen LogP contribution in [0.2, 0.25) is 0 Å². The van der Waals surface area contributed by atoms with Crippen LogP contribution in [0.25, 0.3) is 22.0 Å². The summed E-state index contributed by atoms with van der Waals surface area (Å²) in [5.74, 6) is 3.10. The minimum atomic E-state index is 0.0891. The van der Waals surface area contributed by atoms with E-state index < -0.39 is 0 Å². The van der Waals surface area contributed by atoms with E-state index in [-0.39, 0.29) is 6.10 Å². The van der Waals surface area contributed by atoms with Crippen LogP contribution >= 0.6 is 0 Å². The second-order valence-corrected chi connectivity index (χ2v) is 7.79. The van der Waals surface area contributed by atoms with Crippen LogP contribution in [-0.2, 0) is 0 Å². The number of aromatic nitrogens is 2. The second-order valence-electron chi connectivity index (χ2n) is 7.79. The third kappa shape index (κ3) is 3.91. The number of hydrogen-bond acceptors (Lipinski definition) is 6. The predicted octanol–water partition coefficient (Wildman–Crippen LogP) is 4.97. The minimum absolute atomic E-state index is 0.0891. The van der Waals surface area contributed by atoms with E-state index in [9.17, 15) is 0 Å². The summed E-state index contributed by atoms with van der Waals surface area (Å²) in [4.78, 5) is 11.2. The Hall–Kier alpha value is -3.80. The maximum atomic E-state index is 6.35. The fourth-order valence-electron chi connectivity index (χ4n) is 4.21. The van der Waals surface area contributed by atoms with Gasteiger partial charge in [0.25, 0.3) is 0 Å². The van der Waals surface area contributed by atoms with Crippen LogP contribution in [0, 0.1) is 0 Å². The highest BCUT2D eigenvalue weighted by Crippen LogP contribution is 2.36. The quantitative estimate of drug-likeness (QED) is 0.433. The van der Waals surface area contributed by atoms with Gasteiger partial charge in [0.15, 0.2) is 11.5 Å². The summed E-state index contributed by atoms with van der Waals surface area (Å²) in [7, 11) is 3.26. The van der Waals surface area contributed by atoms with Crippen molar-refractivity contribution in [2.75, 3.05) is 32.2 Å². The molecule has 6 nitrogen and oxygen atoms in total. The van der Waals surface area contributed by atoms with E-state index in [2.05, 4.69) is 39.1 Å². The van der Waals surface area contributed by atoms with Crippen LogP contribution in [0.4, 0.5) is 5.82 Å². The molecular weight excluding hydrogens is 402 g/mol. The Morgan fingerprint density at radius 1 is 0.844 bits per heavy atom. The average molecular weight is 428 g/mol. The van der Waals surface area contributed by atoms with Crippen molar-refractivity contribution in [3.05, 3.63) is 73.1 Å². The zero-order valence-electron chi connectivity index (χ0n) is 18.2. The smallest absolute Gasteiger partial charge is 0.162 e. The second kappa shape index (κ2) is 8.75. The molecule has 1 fully saturated rings. The van der Waals surface area contributed by atoms with Crippen molar-refractivity contribution in [2.24, 2.45) is 0 Å². The minimum Gasteiger partial charge on any atom is -0.493 e. The van der Waals surface area contributed by atoms with Gasteiger partial charge >= 0.3 is 0 Å². The zero-order chi connectivity index (χ0) is 21.9. The van der Waals surface area contributed by atoms with Crippen molar-refractivity contribution in [1.29, 1.82) is 0 Å². The van der Waals surface area contributed by atoms with Crippen molar-refractivity contribution in [1.82, 2.24) is 9.97 Å². The van der Waals surface area contributed by atoms with Crippen molar-refractivity contribution in [2.45, 2.75) is 12.5 Å². The maximum Gasteiger partial charge on any atom is 0.162 e. The monoisotopic (exact) mass is 427 g/mol. The van der Waals surface area contributed by atoms with Gasteiger partial charge in [-0.3, -0.25) is 0 Å². The third-order valence-corrected chi connectivity index (χ3v) is 5.81. The summed E-state index contributed by atoms with van der Waals surface area (Å²) in [6.45, 7) is 1.62. The summed E-state index contributed by atoms with van der Waals surface area (Å²) < 4.78 is 17.3. The van der Waals surface area contributed by atoms with Gasteiger partial charge in [0.1, 0.15) is 24.0 Å². The molecule has 1 atom stereocenters. The fourth-order valence-corrected chi connectivity index (χ4v) is 4.21. The van der Waals surface area contributed by atoms with E-state index in [0.717, 1.165) is 47.5 Å². The van der Waals surface area contributed by atoms with Gasteiger partial charge in [-0.15, -0.1) is 0 Å². The van der Waals surface area contributed by atoms with E-state index in [1.807, 2.05) is 42.5 Å². The Kier molecular flexibility index (Phi) is 5.50. The first-order valence-corrected chi connectivity index (χ1v) is 10.7. The molecule has 0 aliphatic carbocycles. The van der Waals surface area contributed by atoms with Crippen LogP contribution in [-0.4, -0.2) is 43.4 Å². The van der Waals surface area contributed by atoms with Gasteiger partial charge in [-0.05, 0) is 29.3 Å². The molecular formula is C26H25N3O3. The van der Waals surface area contributed by atoms with Gasteiger partial charge in [0.05, 0.1) is 26.3 Å². The van der Waals surface area contributed by atoms with Crippen LogP contribution in [0.5, 0.6) is 17.2 Å². The molecule has 1 aliphatic rings. The lowest BCUT2D eigenvalue weighted by atomic mass is 10.1. The molecule has 162 valence electrons. The lowest BCUT2D eigenvalue weighted by Crippen LogP contribution is -2.25. The summed E-state index contributed by atoms with van der Waals surface area (Å²) in [5.41, 5.74) is 3.16. The van der Waals surface area contributed by atoms with Gasteiger partial charge in [-0.1, -0.05) is 42.5 Å². The Morgan fingerprint density at radius 3 is 2.44 bits per heavy atom. The lowest BCUT2D eigenvalue weighted by molar-refractivity contribution is 0.225. The highest BCUT2D eigenvalue weighted by atomic mass is 16.5. The number of rotatable bonds is 6. The Labute approximate surface area is 187 Å². The molecule has 5 rings (SSSR count). The summed E-state index contributed by atoms with van der Waals surface area (Å²) in [6.07, 6.45) is 2.61. The molecule has 1 unspecified atom stereocenters. The number of hydrogen-bond donors (Lipinski definition) is 0. The number of methoxy groups -OCH3 is 2. The van der Waals surface area contributed by atoms with Crippen molar-refractivity contribution in [3.63, 3.8) is 0 Å². The molecule has 1 aromatic heterocycles. The normalized spacial score (nSPS) is 15.7. The molecule has 32 heavy (non-hydrogen) atoms. The Morgan fingerprint density at radius 2 is 1.62 bits per heavy atom. The van der Waals surface area contributed by atoms with Gasteiger partial charge in [-0.2, -0.15) is 0 Å². The predicted molar refractivity (Wildman–Crippen MR) is 126 cm³/mol. The summed E-state index contributed by atoms with van der Waals surface area (Å²) in [5, 5.41) is 0.942. The standard InChI is InChI=1S/C26H25N3O3/c1-30-24-14-22-23(15-25(24)31-2)27-17-28-26(22)29-12-11-21(16-29)32-20-10-6-9-19(13-20)18-7-4-3-5-8-18/h3-10,13-15,17,21H,11-12,16H2,1-2H3. The molecule has 0 radical (unpaired) electrons. The SMILES string of the molecule is COc1cc2ncnc(N3CCC(Oc4cccc(-c5ccccc5)c4)C3)c2cc1OC. The van der Waals surface area contributed by atoms with E-state index >= 15 is 0 Å². The molecule has 3 aromatic carbocycles. The van der Waals surface area contributed by atoms with Gasteiger partial charge in [0, 0.05) is 24.4 Å². The van der Waals surface area contributed by atoms with Crippen molar-refractivity contribution in [3.8, 4) is 28.4 Å². The van der Waals surface area contributed by atoms with E-state index in [1.165, 1.54) is 5.56 Å². The van der Waals surface area contributed by atoms with Crippen molar-refractivity contribution < 1.29 is 14.2 Å². The molecule has 0 N–H and O–H groups in total. The number of anilines is 1. The average Bonchev–Trinajstić information content (AvgIpc) is 3.31. The van der Waals surface area contributed by atoms with Crippen LogP contribution in [0.1, 0.15) is 6.42 Å². The Balaban J connectivity index is 1.36. The van der Waals surface area contributed by atoms with E-state index in [1.54, 1.807) is 20.5 Å². The first-order chi connectivity index (χ1) is 15.7. The molecule has 6 heteroatoms. The number of benzene rings is 3. The van der Waals surface area contributed by atoms with Gasteiger partial charge in [-0.25, -0.2) is 9.97 Å². The van der Waals surface area contributed by atoms with Gasteiger partial charge < -0.3 is 19.1 Å². The van der Waals surface area contributed by atoms with Crippen LogP contribution in [0.15, 0.2) is 73.1 Å². The number of fused-ring (bicyclic) bond motifs is 1. The third-order valence-electron chi connectivity index (χ3n) is 5.81. The van der Waals surface area contributed by atoms with Crippen LogP contribution in [0.3, 0.4) is 0 Å². The summed E-state index contributed by atoms with van der Waals surface area (Å²) >= 11 is 0. The topological polar surface area (TPSA) is 56.7 Å². The number of nitrogens with zero attached hydrogens (tertiary/aromatic N) is 3. The first-order valence-electron chi connectivity index (χ1n) is 10.7. The van der Waals surface area contributed by atoms with E-state index in [0.29, 0.717) is 11.5 Å². The molecule has 0 bridgehead atoms. The molecule has 2 heterocycles. The lowest BCUT2D eigenvalue weighted by Gasteiger charge is -2.20. The largest absolute Gasteiger partial charge is 0.493 e. The highest BCUT2D eigenvalue weighted by molar-refractivity contribution is 5.92. The van der Waals surface area contributed by atoms with Crippen LogP contribution < -0.4 is 19.1 Å². The summed E-state index contributed by atoms with van der Waals surface area (Å²) in [6, 6.07) is 22.5. The van der Waals surface area contributed by atoms with Crippen molar-refractivity contribution >= 4 is 16.7 Å². The fraction of sp³-hybridized carbons (Fsp3) is 0.231. The highest BCUT2D eigenvalue weighted by Gasteiger charge is 2.27. The van der Waals surface area contributed by atoms with E-state index in [4.69, 9.17) is 14.2 Å². The molecule has 1 saturated heterocycles. The maximum absolute atomic E-state index is 6.35. The first kappa shape index (κ1) is 20.1. The number of ether oxygens (including phenoxy) is 3. The molecule has 1 aliphatic heterocycles. The molecule has 0 amide bonds. The zero-order valence-corrected chi connectivity index (χ0v) is 18.2. The molecule has 4 aromatic rings. The van der Waals surface area contributed by atoms with Gasteiger partial charge in [0.2, 0.25) is 0 Å². The molecule has 0 spiro atoms.